The van der Waals surface area contributed by atoms with Crippen molar-refractivity contribution in [2.45, 2.75) is 44.9 Å². The van der Waals surface area contributed by atoms with Gasteiger partial charge in [0.15, 0.2) is 0 Å². The average Bonchev–Trinajstić information content (AvgIpc) is 2.60. The third-order valence-corrected chi connectivity index (χ3v) is 5.29. The van der Waals surface area contributed by atoms with Gasteiger partial charge in [0.25, 0.3) is 5.91 Å². The summed E-state index contributed by atoms with van der Waals surface area (Å²) in [6.45, 7) is 5.60. The summed E-state index contributed by atoms with van der Waals surface area (Å²) in [5.74, 6) is -0.185. The van der Waals surface area contributed by atoms with Gasteiger partial charge in [-0.25, -0.2) is 4.39 Å². The first-order chi connectivity index (χ1) is 12.2. The zero-order valence-electron chi connectivity index (χ0n) is 14.8. The van der Waals surface area contributed by atoms with Crippen LogP contribution in [0.25, 0.3) is 0 Å². The number of halogens is 2. The molecule has 1 aliphatic rings. The van der Waals surface area contributed by atoms with Crippen molar-refractivity contribution in [3.8, 4) is 5.75 Å². The standard InChI is InChI=1S/C20H21BrFNO3/c1-4-11-5-8-16-13(9-11)17(18(24)20(2,3)26-16)23-19(25)12-6-7-15(22)14(21)10-12/h5-10,17-18,24H,4H2,1-3H3,(H,23,25)/t17-,18+/m0/s1. The Labute approximate surface area is 160 Å². The molecule has 2 aromatic rings. The Bertz CT molecular complexity index is 853. The van der Waals surface area contributed by atoms with Gasteiger partial charge in [0, 0.05) is 11.1 Å². The van der Waals surface area contributed by atoms with Crippen molar-refractivity contribution in [3.05, 3.63) is 63.4 Å². The van der Waals surface area contributed by atoms with Crippen molar-refractivity contribution in [3.63, 3.8) is 0 Å². The van der Waals surface area contributed by atoms with Gasteiger partial charge in [0.2, 0.25) is 0 Å². The highest BCUT2D eigenvalue weighted by Crippen LogP contribution is 2.40. The minimum Gasteiger partial charge on any atom is -0.485 e. The molecule has 0 radical (unpaired) electrons. The van der Waals surface area contributed by atoms with Crippen LogP contribution in [0.2, 0.25) is 0 Å². The van der Waals surface area contributed by atoms with Gasteiger partial charge in [-0.3, -0.25) is 4.79 Å². The maximum Gasteiger partial charge on any atom is 0.251 e. The number of ether oxygens (including phenoxy) is 1. The van der Waals surface area contributed by atoms with Crippen LogP contribution in [0.3, 0.4) is 0 Å². The lowest BCUT2D eigenvalue weighted by Crippen LogP contribution is -2.53. The highest BCUT2D eigenvalue weighted by Gasteiger charge is 2.43. The molecule has 2 atom stereocenters. The van der Waals surface area contributed by atoms with Gasteiger partial charge < -0.3 is 15.2 Å². The van der Waals surface area contributed by atoms with Crippen LogP contribution in [0.1, 0.15) is 48.3 Å². The molecule has 0 aliphatic carbocycles. The quantitative estimate of drug-likeness (QED) is 0.782. The molecule has 0 fully saturated rings. The lowest BCUT2D eigenvalue weighted by molar-refractivity contribution is -0.0628. The maximum absolute atomic E-state index is 13.4. The van der Waals surface area contributed by atoms with E-state index >= 15 is 0 Å². The molecule has 0 saturated heterocycles. The molecule has 1 heterocycles. The van der Waals surface area contributed by atoms with Gasteiger partial charge >= 0.3 is 0 Å². The zero-order chi connectivity index (χ0) is 19.1. The number of carbonyl (C=O) groups is 1. The topological polar surface area (TPSA) is 58.6 Å². The molecule has 0 saturated carbocycles. The minimum absolute atomic E-state index is 0.215. The summed E-state index contributed by atoms with van der Waals surface area (Å²) >= 11 is 3.09. The van der Waals surface area contributed by atoms with Crippen molar-refractivity contribution < 1.29 is 19.0 Å². The second-order valence-electron chi connectivity index (χ2n) is 6.96. The van der Waals surface area contributed by atoms with Crippen molar-refractivity contribution in [2.75, 3.05) is 0 Å². The summed E-state index contributed by atoms with van der Waals surface area (Å²) in [5, 5.41) is 13.7. The molecule has 1 aliphatic heterocycles. The van der Waals surface area contributed by atoms with Gasteiger partial charge in [-0.2, -0.15) is 0 Å². The molecule has 3 rings (SSSR count). The molecule has 2 N–H and O–H groups in total. The highest BCUT2D eigenvalue weighted by atomic mass is 79.9. The Morgan fingerprint density at radius 3 is 2.69 bits per heavy atom. The number of rotatable bonds is 3. The van der Waals surface area contributed by atoms with E-state index in [0.717, 1.165) is 17.5 Å². The lowest BCUT2D eigenvalue weighted by atomic mass is 9.85. The van der Waals surface area contributed by atoms with Crippen molar-refractivity contribution in [1.82, 2.24) is 5.32 Å². The number of hydrogen-bond acceptors (Lipinski definition) is 3. The molecule has 0 spiro atoms. The van der Waals surface area contributed by atoms with Gasteiger partial charge in [0.05, 0.1) is 10.5 Å². The van der Waals surface area contributed by atoms with Crippen LogP contribution < -0.4 is 10.1 Å². The SMILES string of the molecule is CCc1ccc2c(c1)[C@H](NC(=O)c1ccc(F)c(Br)c1)[C@@H](O)C(C)(C)O2. The number of amides is 1. The number of aryl methyl sites for hydroxylation is 1. The Kier molecular flexibility index (Phi) is 5.08. The monoisotopic (exact) mass is 421 g/mol. The van der Waals surface area contributed by atoms with Crippen LogP contribution in [0.15, 0.2) is 40.9 Å². The first kappa shape index (κ1) is 18.9. The van der Waals surface area contributed by atoms with Crippen molar-refractivity contribution in [2.24, 2.45) is 0 Å². The zero-order valence-corrected chi connectivity index (χ0v) is 16.4. The molecule has 1 amide bonds. The molecular weight excluding hydrogens is 401 g/mol. The summed E-state index contributed by atoms with van der Waals surface area (Å²) in [6.07, 6.45) is -0.104. The molecule has 138 valence electrons. The molecule has 2 aromatic carbocycles. The Morgan fingerprint density at radius 2 is 2.04 bits per heavy atom. The molecule has 4 nitrogen and oxygen atoms in total. The molecule has 0 unspecified atom stereocenters. The van der Waals surface area contributed by atoms with Crippen LogP contribution in [-0.2, 0) is 6.42 Å². The fourth-order valence-electron chi connectivity index (χ4n) is 3.09. The van der Waals surface area contributed by atoms with Gasteiger partial charge in [-0.15, -0.1) is 0 Å². The van der Waals surface area contributed by atoms with Gasteiger partial charge in [-0.1, -0.05) is 13.0 Å². The summed E-state index contributed by atoms with van der Waals surface area (Å²) in [5.41, 5.74) is 1.28. The Hall–Kier alpha value is -1.92. The Morgan fingerprint density at radius 1 is 1.31 bits per heavy atom. The number of hydrogen-bond donors (Lipinski definition) is 2. The number of benzene rings is 2. The fourth-order valence-corrected chi connectivity index (χ4v) is 3.47. The summed E-state index contributed by atoms with van der Waals surface area (Å²) in [4.78, 5) is 12.7. The predicted octanol–water partition coefficient (Wildman–Crippen LogP) is 4.15. The number of carbonyl (C=O) groups excluding carboxylic acids is 1. The van der Waals surface area contributed by atoms with Gasteiger partial charge in [-0.05, 0) is 72.1 Å². The number of aliphatic hydroxyl groups is 1. The summed E-state index contributed by atoms with van der Waals surface area (Å²) in [7, 11) is 0. The van der Waals surface area contributed by atoms with E-state index in [9.17, 15) is 14.3 Å². The van der Waals surface area contributed by atoms with E-state index in [-0.39, 0.29) is 10.4 Å². The number of aliphatic hydroxyl groups excluding tert-OH is 1. The lowest BCUT2D eigenvalue weighted by Gasteiger charge is -2.42. The number of fused-ring (bicyclic) bond motifs is 1. The van der Waals surface area contributed by atoms with Crippen LogP contribution in [0.5, 0.6) is 5.75 Å². The van der Waals surface area contributed by atoms with Crippen molar-refractivity contribution in [1.29, 1.82) is 0 Å². The van der Waals surface area contributed by atoms with E-state index in [1.807, 2.05) is 25.1 Å². The predicted molar refractivity (Wildman–Crippen MR) is 101 cm³/mol. The molecule has 26 heavy (non-hydrogen) atoms. The minimum atomic E-state index is -0.935. The van der Waals surface area contributed by atoms with E-state index in [0.29, 0.717) is 11.3 Å². The van der Waals surface area contributed by atoms with Crippen LogP contribution in [0, 0.1) is 5.82 Å². The molecular formula is C20H21BrFNO3. The summed E-state index contributed by atoms with van der Waals surface area (Å²) in [6, 6.07) is 9.22. The van der Waals surface area contributed by atoms with E-state index in [4.69, 9.17) is 4.74 Å². The second-order valence-corrected chi connectivity index (χ2v) is 7.81. The first-order valence-corrected chi connectivity index (χ1v) is 9.28. The summed E-state index contributed by atoms with van der Waals surface area (Å²) < 4.78 is 19.6. The largest absolute Gasteiger partial charge is 0.485 e. The van der Waals surface area contributed by atoms with Gasteiger partial charge in [0.1, 0.15) is 23.3 Å². The first-order valence-electron chi connectivity index (χ1n) is 8.48. The van der Waals surface area contributed by atoms with E-state index in [2.05, 4.69) is 21.2 Å². The number of nitrogens with one attached hydrogen (secondary N) is 1. The smallest absolute Gasteiger partial charge is 0.251 e. The molecule has 0 aromatic heterocycles. The van der Waals surface area contributed by atoms with E-state index in [1.54, 1.807) is 13.8 Å². The van der Waals surface area contributed by atoms with Crippen molar-refractivity contribution >= 4 is 21.8 Å². The third-order valence-electron chi connectivity index (χ3n) is 4.69. The van der Waals surface area contributed by atoms with Crippen LogP contribution >= 0.6 is 15.9 Å². The second kappa shape index (κ2) is 7.00. The van der Waals surface area contributed by atoms with E-state index < -0.39 is 23.6 Å². The molecule has 0 bridgehead atoms. The fraction of sp³-hybridized carbons (Fsp3) is 0.350. The molecule has 6 heteroatoms. The highest BCUT2D eigenvalue weighted by molar-refractivity contribution is 9.10. The van der Waals surface area contributed by atoms with E-state index in [1.165, 1.54) is 18.2 Å². The normalized spacial score (nSPS) is 20.8. The Balaban J connectivity index is 1.97. The third kappa shape index (κ3) is 3.48. The van der Waals surface area contributed by atoms with Crippen LogP contribution in [0.4, 0.5) is 4.39 Å². The van der Waals surface area contributed by atoms with Crippen LogP contribution in [-0.4, -0.2) is 22.7 Å². The average molecular weight is 422 g/mol. The maximum atomic E-state index is 13.4.